The van der Waals surface area contributed by atoms with E-state index in [0.29, 0.717) is 24.0 Å². The maximum Gasteiger partial charge on any atom is 2.00 e. The second-order valence-electron chi connectivity index (χ2n) is 4.65. The van der Waals surface area contributed by atoms with Gasteiger partial charge in [0.05, 0.1) is 0 Å². The van der Waals surface area contributed by atoms with Crippen LogP contribution in [0.1, 0.15) is 48.0 Å². The summed E-state index contributed by atoms with van der Waals surface area (Å²) in [6.07, 6.45) is 1.19. The molecular formula is C12H26MnN2. The van der Waals surface area contributed by atoms with E-state index in [1.54, 1.807) is 0 Å². The minimum atomic E-state index is 0. The van der Waals surface area contributed by atoms with Crippen molar-refractivity contribution in [3.8, 4) is 0 Å². The third kappa shape index (κ3) is 9.37. The van der Waals surface area contributed by atoms with Crippen molar-refractivity contribution in [2.45, 2.75) is 66.1 Å². The Balaban J connectivity index is 0. The van der Waals surface area contributed by atoms with Gasteiger partial charge in [-0.2, -0.15) is 12.6 Å². The van der Waals surface area contributed by atoms with Gasteiger partial charge in [-0.3, -0.25) is 0 Å². The van der Waals surface area contributed by atoms with Gasteiger partial charge in [0.1, 0.15) is 0 Å². The van der Waals surface area contributed by atoms with E-state index in [0.717, 1.165) is 6.54 Å². The molecule has 0 heterocycles. The first kappa shape index (κ1) is 17.8. The zero-order valence-corrected chi connectivity index (χ0v) is 12.2. The molecule has 2 atom stereocenters. The summed E-state index contributed by atoms with van der Waals surface area (Å²) < 4.78 is 0. The molecule has 0 aromatic rings. The van der Waals surface area contributed by atoms with Gasteiger partial charge < -0.3 is 10.6 Å². The molecule has 3 heteroatoms. The van der Waals surface area contributed by atoms with Crippen molar-refractivity contribution >= 4 is 0 Å². The third-order valence-electron chi connectivity index (χ3n) is 2.45. The van der Waals surface area contributed by atoms with Crippen LogP contribution in [0.15, 0.2) is 0 Å². The molecule has 0 spiro atoms. The molecule has 0 amide bonds. The molecule has 0 saturated heterocycles. The average molecular weight is 253 g/mol. The first-order chi connectivity index (χ1) is 6.47. The quantitative estimate of drug-likeness (QED) is 0.614. The van der Waals surface area contributed by atoms with Crippen LogP contribution in [0.25, 0.3) is 10.6 Å². The Morgan fingerprint density at radius 2 is 1.47 bits per heavy atom. The largest absolute Gasteiger partial charge is 2.00 e. The standard InChI is InChI=1S/C12H26N2.Mn/c1-7-11(6)12(14-10(4)5)8-13-9(2)3;/h9-12H,7-8H2,1-6H3;/q-2;+2. The fourth-order valence-electron chi connectivity index (χ4n) is 1.35. The molecular weight excluding hydrogens is 227 g/mol. The molecule has 0 N–H and O–H groups in total. The molecule has 91 valence electrons. The summed E-state index contributed by atoms with van der Waals surface area (Å²) >= 11 is 0. The summed E-state index contributed by atoms with van der Waals surface area (Å²) in [5.41, 5.74) is 0. The maximum atomic E-state index is 4.73. The van der Waals surface area contributed by atoms with Crippen LogP contribution in [0, 0.1) is 5.92 Å². The first-order valence-electron chi connectivity index (χ1n) is 5.83. The second kappa shape index (κ2) is 9.65. The molecule has 0 rings (SSSR count). The van der Waals surface area contributed by atoms with E-state index in [1.807, 2.05) is 0 Å². The normalized spacial score (nSPS) is 15.2. The van der Waals surface area contributed by atoms with Crippen molar-refractivity contribution < 1.29 is 17.1 Å². The van der Waals surface area contributed by atoms with Crippen LogP contribution >= 0.6 is 0 Å². The molecule has 0 fully saturated rings. The van der Waals surface area contributed by atoms with Gasteiger partial charge in [-0.15, -0.1) is 12.1 Å². The van der Waals surface area contributed by atoms with Crippen molar-refractivity contribution in [1.82, 2.24) is 0 Å². The SMILES string of the molecule is CCC(C)C(C[N-]C(C)C)[N-]C(C)C.[Mn+2]. The van der Waals surface area contributed by atoms with Crippen LogP contribution in [0.4, 0.5) is 0 Å². The molecule has 0 saturated carbocycles. The van der Waals surface area contributed by atoms with Gasteiger partial charge in [0.2, 0.25) is 0 Å². The average Bonchev–Trinajstić information content (AvgIpc) is 2.10. The van der Waals surface area contributed by atoms with Crippen LogP contribution in [0.2, 0.25) is 0 Å². The van der Waals surface area contributed by atoms with Gasteiger partial charge in [0.15, 0.2) is 0 Å². The van der Waals surface area contributed by atoms with E-state index in [9.17, 15) is 0 Å². The van der Waals surface area contributed by atoms with Gasteiger partial charge in [-0.05, 0) is 0 Å². The predicted molar refractivity (Wildman–Crippen MR) is 65.1 cm³/mol. The summed E-state index contributed by atoms with van der Waals surface area (Å²) in [6, 6.07) is 1.28. The van der Waals surface area contributed by atoms with E-state index in [4.69, 9.17) is 5.32 Å². The predicted octanol–water partition coefficient (Wildman–Crippen LogP) is 3.96. The fraction of sp³-hybridized carbons (Fsp3) is 1.00. The van der Waals surface area contributed by atoms with Crippen LogP contribution < -0.4 is 0 Å². The summed E-state index contributed by atoms with van der Waals surface area (Å²) in [5, 5.41) is 9.28. The van der Waals surface area contributed by atoms with Crippen molar-refractivity contribution in [3.63, 3.8) is 0 Å². The maximum absolute atomic E-state index is 4.73. The fourth-order valence-corrected chi connectivity index (χ4v) is 1.35. The molecule has 1 radical (unpaired) electrons. The zero-order chi connectivity index (χ0) is 11.1. The Labute approximate surface area is 106 Å². The van der Waals surface area contributed by atoms with Gasteiger partial charge in [-0.1, -0.05) is 53.9 Å². The second-order valence-corrected chi connectivity index (χ2v) is 4.65. The van der Waals surface area contributed by atoms with Crippen molar-refractivity contribution in [2.75, 3.05) is 6.54 Å². The van der Waals surface area contributed by atoms with Crippen LogP contribution in [-0.4, -0.2) is 24.7 Å². The van der Waals surface area contributed by atoms with Gasteiger partial charge in [-0.25, -0.2) is 0 Å². The topological polar surface area (TPSA) is 28.2 Å². The summed E-state index contributed by atoms with van der Waals surface area (Å²) in [4.78, 5) is 0. The van der Waals surface area contributed by atoms with Crippen molar-refractivity contribution in [3.05, 3.63) is 10.6 Å². The van der Waals surface area contributed by atoms with Crippen LogP contribution in [0.5, 0.6) is 0 Å². The minimum Gasteiger partial charge on any atom is -0.661 e. The number of nitrogens with zero attached hydrogens (tertiary/aromatic N) is 2. The van der Waals surface area contributed by atoms with Crippen LogP contribution in [0.3, 0.4) is 0 Å². The molecule has 2 unspecified atom stereocenters. The monoisotopic (exact) mass is 253 g/mol. The molecule has 0 bridgehead atoms. The van der Waals surface area contributed by atoms with Gasteiger partial charge >= 0.3 is 17.1 Å². The van der Waals surface area contributed by atoms with E-state index >= 15 is 0 Å². The van der Waals surface area contributed by atoms with Gasteiger partial charge in [0.25, 0.3) is 0 Å². The van der Waals surface area contributed by atoms with Crippen LogP contribution in [-0.2, 0) is 17.1 Å². The molecule has 0 aromatic carbocycles. The number of hydrogen-bond acceptors (Lipinski definition) is 0. The van der Waals surface area contributed by atoms with Gasteiger partial charge in [0, 0.05) is 0 Å². The smallest absolute Gasteiger partial charge is 0.661 e. The van der Waals surface area contributed by atoms with E-state index in [2.05, 4.69) is 46.9 Å². The molecule has 2 nitrogen and oxygen atoms in total. The molecule has 0 aliphatic carbocycles. The van der Waals surface area contributed by atoms with E-state index < -0.39 is 0 Å². The summed E-state index contributed by atoms with van der Waals surface area (Å²) in [5.74, 6) is 0.653. The Kier molecular flexibility index (Phi) is 11.5. The molecule has 0 aromatic heterocycles. The molecule has 0 aliphatic heterocycles. The van der Waals surface area contributed by atoms with Crippen molar-refractivity contribution in [1.29, 1.82) is 0 Å². The Hall–Kier alpha value is 0.439. The first-order valence-corrected chi connectivity index (χ1v) is 5.83. The van der Waals surface area contributed by atoms with E-state index in [-0.39, 0.29) is 17.1 Å². The minimum absolute atomic E-state index is 0. The molecule has 15 heavy (non-hydrogen) atoms. The van der Waals surface area contributed by atoms with Crippen molar-refractivity contribution in [2.24, 2.45) is 5.92 Å². The Morgan fingerprint density at radius 1 is 0.933 bits per heavy atom. The zero-order valence-electron chi connectivity index (χ0n) is 11.0. The number of hydrogen-bond donors (Lipinski definition) is 0. The Bertz CT molecular complexity index is 138. The summed E-state index contributed by atoms with van der Waals surface area (Å²) in [6.45, 7) is 13.9. The summed E-state index contributed by atoms with van der Waals surface area (Å²) in [7, 11) is 0. The third-order valence-corrected chi connectivity index (χ3v) is 2.45. The van der Waals surface area contributed by atoms with E-state index in [1.165, 1.54) is 6.42 Å². The number of rotatable bonds is 7. The Morgan fingerprint density at radius 3 is 1.80 bits per heavy atom. The molecule has 0 aliphatic rings.